The zero-order chi connectivity index (χ0) is 25.2. The maximum Gasteiger partial charge on any atom is 0.401 e. The number of nitrogen functional groups attached to an aromatic ring is 1. The molecule has 2 amide bonds. The molecule has 0 saturated heterocycles. The lowest BCUT2D eigenvalue weighted by molar-refractivity contribution is -0.165. The number of rotatable bonds is 5. The van der Waals surface area contributed by atoms with E-state index in [1.54, 1.807) is 6.07 Å². The van der Waals surface area contributed by atoms with E-state index in [-0.39, 0.29) is 35.9 Å². The average molecular weight is 501 g/mol. The lowest BCUT2D eigenvalue weighted by Crippen LogP contribution is -2.28. The number of alkyl halides is 3. The van der Waals surface area contributed by atoms with E-state index in [4.69, 9.17) is 10.3 Å². The third kappa shape index (κ3) is 3.62. The van der Waals surface area contributed by atoms with Gasteiger partial charge in [0.05, 0.1) is 11.1 Å². The van der Waals surface area contributed by atoms with Crippen molar-refractivity contribution in [3.63, 3.8) is 0 Å². The highest BCUT2D eigenvalue weighted by atomic mass is 19.4. The first kappa shape index (κ1) is 22.3. The zero-order valence-electron chi connectivity index (χ0n) is 18.6. The lowest BCUT2D eigenvalue weighted by Gasteiger charge is -2.15. The Kier molecular flexibility index (Phi) is 4.75. The third-order valence-electron chi connectivity index (χ3n) is 6.62. The van der Waals surface area contributed by atoms with Crippen LogP contribution < -0.4 is 16.4 Å². The van der Waals surface area contributed by atoms with E-state index in [0.29, 0.717) is 28.2 Å². The molecule has 0 bridgehead atoms. The summed E-state index contributed by atoms with van der Waals surface area (Å²) in [7, 11) is 0. The summed E-state index contributed by atoms with van der Waals surface area (Å²) in [5, 5.41) is 8.70. The van der Waals surface area contributed by atoms with Crippen molar-refractivity contribution in [3.8, 4) is 11.1 Å². The van der Waals surface area contributed by atoms with Crippen LogP contribution in [0.15, 0.2) is 41.3 Å². The number of carbonyl (C=O) groups excluding carboxylic acids is 1. The van der Waals surface area contributed by atoms with Crippen LogP contribution in [0.4, 0.5) is 39.7 Å². The van der Waals surface area contributed by atoms with Gasteiger partial charge in [0.15, 0.2) is 11.6 Å². The summed E-state index contributed by atoms with van der Waals surface area (Å²) in [5.41, 5.74) is 5.76. The van der Waals surface area contributed by atoms with Gasteiger partial charge in [-0.2, -0.15) is 13.2 Å². The highest BCUT2D eigenvalue weighted by Crippen LogP contribution is 2.59. The number of hydrogen-bond donors (Lipinski definition) is 3. The number of nitrogens with zero attached hydrogens (tertiary/aromatic N) is 4. The molecule has 9 nitrogen and oxygen atoms in total. The first-order valence-electron chi connectivity index (χ1n) is 11.2. The van der Waals surface area contributed by atoms with E-state index in [2.05, 4.69) is 25.8 Å². The topological polar surface area (TPSA) is 124 Å². The molecule has 2 saturated carbocycles. The fourth-order valence-corrected chi connectivity index (χ4v) is 4.37. The van der Waals surface area contributed by atoms with Gasteiger partial charge in [-0.05, 0) is 43.4 Å². The van der Waals surface area contributed by atoms with Crippen molar-refractivity contribution in [2.75, 3.05) is 16.4 Å². The number of benzene rings is 1. The van der Waals surface area contributed by atoms with Crippen molar-refractivity contribution < 1.29 is 26.9 Å². The van der Waals surface area contributed by atoms with E-state index < -0.39 is 23.4 Å². The van der Waals surface area contributed by atoms with Gasteiger partial charge in [0.1, 0.15) is 29.0 Å². The Morgan fingerprint density at radius 1 is 1.17 bits per heavy atom. The molecular weight excluding hydrogens is 482 g/mol. The van der Waals surface area contributed by atoms with Crippen LogP contribution in [-0.2, 0) is 5.41 Å². The van der Waals surface area contributed by atoms with Crippen molar-refractivity contribution in [1.29, 1.82) is 0 Å². The van der Waals surface area contributed by atoms with E-state index in [1.165, 1.54) is 18.5 Å². The van der Waals surface area contributed by atoms with Crippen molar-refractivity contribution in [3.05, 3.63) is 48.4 Å². The molecule has 4 aromatic rings. The minimum atomic E-state index is -4.47. The second-order valence-corrected chi connectivity index (χ2v) is 9.07. The Morgan fingerprint density at radius 2 is 1.94 bits per heavy atom. The molecule has 3 aromatic heterocycles. The van der Waals surface area contributed by atoms with Crippen LogP contribution in [0.1, 0.15) is 37.5 Å². The molecule has 0 atom stereocenters. The number of urea groups is 1. The minimum Gasteiger partial charge on any atom is -0.383 e. The first-order valence-corrected chi connectivity index (χ1v) is 11.2. The van der Waals surface area contributed by atoms with E-state index >= 15 is 0 Å². The molecule has 186 valence electrons. The molecule has 0 aliphatic heterocycles. The molecule has 2 aliphatic rings. The molecule has 2 fully saturated rings. The van der Waals surface area contributed by atoms with Gasteiger partial charge in [-0.1, -0.05) is 11.2 Å². The van der Waals surface area contributed by atoms with Crippen LogP contribution >= 0.6 is 0 Å². The summed E-state index contributed by atoms with van der Waals surface area (Å²) < 4.78 is 61.5. The second-order valence-electron chi connectivity index (χ2n) is 9.07. The number of anilines is 3. The number of nitrogens with two attached hydrogens (primary N) is 1. The number of fused-ring (bicyclic) bond motifs is 1. The minimum absolute atomic E-state index is 0.105. The summed E-state index contributed by atoms with van der Waals surface area (Å²) in [5.74, 6) is -1.02. The smallest absolute Gasteiger partial charge is 0.383 e. The van der Waals surface area contributed by atoms with Gasteiger partial charge < -0.3 is 20.1 Å². The number of nitrogens with one attached hydrogen (secondary N) is 2. The highest BCUT2D eigenvalue weighted by molar-refractivity contribution is 6.02. The van der Waals surface area contributed by atoms with Crippen LogP contribution in [0, 0.1) is 5.82 Å². The molecule has 1 aromatic carbocycles. The Hall–Kier alpha value is -4.16. The molecule has 13 heteroatoms. The SMILES string of the molecule is Nc1ncnc2c1c(-c1ccc(NC(=O)Nc3cc(C4(C(F)(F)F)CC4)on3)c(F)c1)cn2C1CC1. The van der Waals surface area contributed by atoms with Gasteiger partial charge in [-0.3, -0.25) is 5.32 Å². The molecular formula is C23H19F4N7O2. The van der Waals surface area contributed by atoms with Gasteiger partial charge in [0.25, 0.3) is 0 Å². The monoisotopic (exact) mass is 501 g/mol. The number of carbonyl (C=O) groups is 1. The normalized spacial score (nSPS) is 16.8. The number of hydrogen-bond acceptors (Lipinski definition) is 6. The maximum absolute atomic E-state index is 14.9. The largest absolute Gasteiger partial charge is 0.401 e. The predicted molar refractivity (Wildman–Crippen MR) is 122 cm³/mol. The quantitative estimate of drug-likeness (QED) is 0.316. The number of halogens is 4. The van der Waals surface area contributed by atoms with Crippen LogP contribution in [-0.4, -0.2) is 31.9 Å². The molecule has 0 spiro atoms. The zero-order valence-corrected chi connectivity index (χ0v) is 18.6. The molecule has 6 rings (SSSR count). The number of amides is 2. The standard InChI is InChI=1S/C23H19F4N7O2/c24-14-7-11(13-9-34(12-2-3-12)20-18(13)19(28)29-10-30-20)1-4-15(14)31-21(35)32-17-8-16(36-33-17)22(5-6-22)23(25,26)27/h1,4,7-10,12H,2-3,5-6H2,(H2,28,29,30)(H2,31,32,33,35). The van der Waals surface area contributed by atoms with Gasteiger partial charge in [0, 0.05) is 23.9 Å². The first-order chi connectivity index (χ1) is 17.2. The Balaban J connectivity index is 1.21. The Labute approximate surface area is 200 Å². The van der Waals surface area contributed by atoms with Crippen molar-refractivity contribution >= 4 is 34.4 Å². The van der Waals surface area contributed by atoms with Gasteiger partial charge >= 0.3 is 12.2 Å². The van der Waals surface area contributed by atoms with E-state index in [9.17, 15) is 22.4 Å². The highest BCUT2D eigenvalue weighted by Gasteiger charge is 2.66. The van der Waals surface area contributed by atoms with Gasteiger partial charge in [-0.25, -0.2) is 19.2 Å². The summed E-state index contributed by atoms with van der Waals surface area (Å²) in [6.45, 7) is 0. The third-order valence-corrected chi connectivity index (χ3v) is 6.62. The van der Waals surface area contributed by atoms with Crippen LogP contribution in [0.2, 0.25) is 0 Å². The summed E-state index contributed by atoms with van der Waals surface area (Å²) in [4.78, 5) is 20.7. The van der Waals surface area contributed by atoms with Gasteiger partial charge in [-0.15, -0.1) is 0 Å². The van der Waals surface area contributed by atoms with E-state index in [1.807, 2.05) is 10.8 Å². The van der Waals surface area contributed by atoms with Crippen LogP contribution in [0.5, 0.6) is 0 Å². The number of aromatic nitrogens is 4. The lowest BCUT2D eigenvalue weighted by atomic mass is 10.0. The summed E-state index contributed by atoms with van der Waals surface area (Å²) in [6, 6.07) is 4.70. The average Bonchev–Trinajstić information content (AvgIpc) is 3.74. The summed E-state index contributed by atoms with van der Waals surface area (Å²) >= 11 is 0. The van der Waals surface area contributed by atoms with Crippen LogP contribution in [0.25, 0.3) is 22.2 Å². The van der Waals surface area contributed by atoms with Crippen LogP contribution in [0.3, 0.4) is 0 Å². The Bertz CT molecular complexity index is 1500. The van der Waals surface area contributed by atoms with Crippen molar-refractivity contribution in [1.82, 2.24) is 19.7 Å². The van der Waals surface area contributed by atoms with E-state index in [0.717, 1.165) is 18.9 Å². The fourth-order valence-electron chi connectivity index (χ4n) is 4.37. The van der Waals surface area contributed by atoms with Crippen molar-refractivity contribution in [2.24, 2.45) is 0 Å². The molecule has 4 N–H and O–H groups in total. The molecule has 36 heavy (non-hydrogen) atoms. The maximum atomic E-state index is 14.9. The summed E-state index contributed by atoms with van der Waals surface area (Å²) in [6.07, 6.45) is 0.611. The second kappa shape index (κ2) is 7.67. The molecule has 3 heterocycles. The predicted octanol–water partition coefficient (Wildman–Crippen LogP) is 5.38. The molecule has 2 aliphatic carbocycles. The molecule has 0 radical (unpaired) electrons. The Morgan fingerprint density at radius 3 is 2.61 bits per heavy atom. The van der Waals surface area contributed by atoms with Gasteiger partial charge in [0.2, 0.25) is 0 Å². The van der Waals surface area contributed by atoms with Crippen molar-refractivity contribution in [2.45, 2.75) is 43.3 Å². The fraction of sp³-hybridized carbons (Fsp3) is 0.304. The molecule has 0 unspecified atom stereocenters.